The minimum absolute atomic E-state index is 0.105. The normalized spacial score (nSPS) is 14.1. The molecule has 0 bridgehead atoms. The van der Waals surface area contributed by atoms with Gasteiger partial charge in [0.2, 0.25) is 0 Å². The SMILES string of the molecule is CC(C)CCCCCCCCCCCCCCCCCC(=O)OC[C@H](COP(=O)(O)OC[C@@H](O)COP(=O)(O)OC[C@@H](COC(=O)CCCCCCCCC(C)C)OC(=O)CCCCCCCCCCCCCC(C)C)OC(=O)CCCCCCCCCCCCCCCC(C)C. The lowest BCUT2D eigenvalue weighted by atomic mass is 10.0. The van der Waals surface area contributed by atoms with Gasteiger partial charge in [-0.15, -0.1) is 0 Å². The van der Waals surface area contributed by atoms with E-state index in [0.717, 1.165) is 114 Å². The number of esters is 4. The molecule has 0 saturated carbocycles. The molecular weight excluding hydrogens is 1270 g/mol. The van der Waals surface area contributed by atoms with E-state index in [0.29, 0.717) is 31.6 Å². The third-order valence-electron chi connectivity index (χ3n) is 18.1. The molecule has 0 fully saturated rings. The molecule has 0 aromatic heterocycles. The summed E-state index contributed by atoms with van der Waals surface area (Å²) in [6.07, 6.45) is 52.9. The van der Waals surface area contributed by atoms with Crippen molar-refractivity contribution in [3.05, 3.63) is 0 Å². The molecule has 0 aromatic rings. The third kappa shape index (κ3) is 72.2. The fourth-order valence-corrected chi connectivity index (χ4v) is 13.5. The van der Waals surface area contributed by atoms with Crippen molar-refractivity contribution < 1.29 is 80.2 Å². The minimum atomic E-state index is -4.96. The second kappa shape index (κ2) is 67.2. The van der Waals surface area contributed by atoms with Gasteiger partial charge >= 0.3 is 39.5 Å². The zero-order valence-electron chi connectivity index (χ0n) is 63.7. The van der Waals surface area contributed by atoms with Crippen LogP contribution in [-0.4, -0.2) is 96.7 Å². The molecule has 0 aliphatic carbocycles. The lowest BCUT2D eigenvalue weighted by molar-refractivity contribution is -0.161. The van der Waals surface area contributed by atoms with Gasteiger partial charge in [-0.25, -0.2) is 9.13 Å². The van der Waals surface area contributed by atoms with Crippen molar-refractivity contribution in [2.45, 2.75) is 414 Å². The average Bonchev–Trinajstić information content (AvgIpc) is 2.43. The van der Waals surface area contributed by atoms with Crippen LogP contribution in [0.2, 0.25) is 0 Å². The van der Waals surface area contributed by atoms with Crippen LogP contribution in [-0.2, 0) is 65.4 Å². The van der Waals surface area contributed by atoms with E-state index in [-0.39, 0.29) is 25.7 Å². The largest absolute Gasteiger partial charge is 0.472 e. The standard InChI is InChI=1S/C78H152O17P2/c1-68(2)54-46-38-30-24-18-13-10-9-11-15-21-27-33-42-50-58-75(80)88-64-73(94-77(82)60-52-44-34-28-22-16-12-14-19-25-31-39-47-55-69(3)4)66-92-96(84,85)90-62-72(79)63-91-97(86,87)93-67-74(65-89-76(81)59-51-43-37-36-41-49-57-71(7)8)95-78(83)61-53-45-35-29-23-17-20-26-32-40-48-56-70(5)6/h68-74,79H,9-67H2,1-8H3,(H,84,85)(H,86,87)/t72-,73-,74-/m1/s1. The molecule has 576 valence electrons. The first-order chi connectivity index (χ1) is 46.6. The Morgan fingerprint density at radius 1 is 0.258 bits per heavy atom. The highest BCUT2D eigenvalue weighted by atomic mass is 31.2. The molecule has 0 spiro atoms. The van der Waals surface area contributed by atoms with Crippen LogP contribution in [0.25, 0.3) is 0 Å². The molecule has 3 N–H and O–H groups in total. The maximum Gasteiger partial charge on any atom is 0.472 e. The fraction of sp³-hybridized carbons (Fsp3) is 0.949. The number of phosphoric acid groups is 2. The molecule has 97 heavy (non-hydrogen) atoms. The van der Waals surface area contributed by atoms with E-state index in [1.165, 1.54) is 193 Å². The first kappa shape index (κ1) is 95.1. The fourth-order valence-electron chi connectivity index (χ4n) is 11.9. The number of hydrogen-bond acceptors (Lipinski definition) is 15. The highest BCUT2D eigenvalue weighted by Gasteiger charge is 2.30. The number of ether oxygens (including phenoxy) is 4. The van der Waals surface area contributed by atoms with Gasteiger partial charge in [0.25, 0.3) is 0 Å². The van der Waals surface area contributed by atoms with Crippen molar-refractivity contribution in [2.24, 2.45) is 23.7 Å². The summed E-state index contributed by atoms with van der Waals surface area (Å²) in [6, 6.07) is 0. The topological polar surface area (TPSA) is 237 Å². The number of phosphoric ester groups is 2. The number of unbranched alkanes of at least 4 members (excludes halogenated alkanes) is 41. The van der Waals surface area contributed by atoms with E-state index >= 15 is 0 Å². The smallest absolute Gasteiger partial charge is 0.462 e. The maximum absolute atomic E-state index is 13.1. The lowest BCUT2D eigenvalue weighted by Gasteiger charge is -2.21. The van der Waals surface area contributed by atoms with Crippen LogP contribution in [0.1, 0.15) is 396 Å². The van der Waals surface area contributed by atoms with Crippen LogP contribution in [0.15, 0.2) is 0 Å². The average molecular weight is 1420 g/mol. The summed E-state index contributed by atoms with van der Waals surface area (Å²) >= 11 is 0. The first-order valence-electron chi connectivity index (χ1n) is 40.2. The van der Waals surface area contributed by atoms with Crippen LogP contribution in [0, 0.1) is 23.7 Å². The molecule has 2 unspecified atom stereocenters. The van der Waals surface area contributed by atoms with E-state index in [1.54, 1.807) is 0 Å². The summed E-state index contributed by atoms with van der Waals surface area (Å²) in [4.78, 5) is 72.9. The Morgan fingerprint density at radius 3 is 0.639 bits per heavy atom. The summed E-state index contributed by atoms with van der Waals surface area (Å²) in [5.41, 5.74) is 0. The molecule has 0 aliphatic heterocycles. The summed E-state index contributed by atoms with van der Waals surface area (Å²) in [6.45, 7) is 14.2. The van der Waals surface area contributed by atoms with Gasteiger partial charge in [0, 0.05) is 25.7 Å². The predicted octanol–water partition coefficient (Wildman–Crippen LogP) is 22.8. The maximum atomic E-state index is 13.1. The van der Waals surface area contributed by atoms with E-state index in [2.05, 4.69) is 55.4 Å². The van der Waals surface area contributed by atoms with Gasteiger partial charge in [-0.3, -0.25) is 37.3 Å². The molecule has 0 radical (unpaired) electrons. The molecule has 17 nitrogen and oxygen atoms in total. The van der Waals surface area contributed by atoms with Gasteiger partial charge < -0.3 is 33.8 Å². The highest BCUT2D eigenvalue weighted by Crippen LogP contribution is 2.45. The van der Waals surface area contributed by atoms with E-state index in [9.17, 15) is 43.2 Å². The number of carbonyl (C=O) groups excluding carboxylic acids is 4. The van der Waals surface area contributed by atoms with Gasteiger partial charge in [-0.1, -0.05) is 344 Å². The monoisotopic (exact) mass is 1420 g/mol. The number of aliphatic hydroxyl groups excluding tert-OH is 1. The first-order valence-corrected chi connectivity index (χ1v) is 43.2. The van der Waals surface area contributed by atoms with Gasteiger partial charge in [-0.05, 0) is 49.4 Å². The van der Waals surface area contributed by atoms with Crippen molar-refractivity contribution in [2.75, 3.05) is 39.6 Å². The Balaban J connectivity index is 5.23. The second-order valence-electron chi connectivity index (χ2n) is 30.0. The Hall–Kier alpha value is -1.94. The van der Waals surface area contributed by atoms with Crippen LogP contribution in [0.3, 0.4) is 0 Å². The van der Waals surface area contributed by atoms with Gasteiger partial charge in [0.1, 0.15) is 19.3 Å². The summed E-state index contributed by atoms with van der Waals surface area (Å²) < 4.78 is 68.6. The summed E-state index contributed by atoms with van der Waals surface area (Å²) in [5.74, 6) is 0.918. The Morgan fingerprint density at radius 2 is 0.433 bits per heavy atom. The second-order valence-corrected chi connectivity index (χ2v) is 32.9. The summed E-state index contributed by atoms with van der Waals surface area (Å²) in [5, 5.41) is 10.6. The van der Waals surface area contributed by atoms with Crippen LogP contribution < -0.4 is 0 Å². The highest BCUT2D eigenvalue weighted by molar-refractivity contribution is 7.47. The van der Waals surface area contributed by atoms with Crippen molar-refractivity contribution in [1.29, 1.82) is 0 Å². The predicted molar refractivity (Wildman–Crippen MR) is 395 cm³/mol. The Labute approximate surface area is 594 Å². The molecule has 0 saturated heterocycles. The summed E-state index contributed by atoms with van der Waals surface area (Å²) in [7, 11) is -9.92. The third-order valence-corrected chi connectivity index (χ3v) is 20.0. The van der Waals surface area contributed by atoms with Crippen LogP contribution >= 0.6 is 15.6 Å². The van der Waals surface area contributed by atoms with E-state index in [4.69, 9.17) is 37.0 Å². The molecule has 0 rings (SSSR count). The van der Waals surface area contributed by atoms with E-state index < -0.39 is 97.5 Å². The van der Waals surface area contributed by atoms with Crippen LogP contribution in [0.5, 0.6) is 0 Å². The zero-order chi connectivity index (χ0) is 71.7. The van der Waals surface area contributed by atoms with Gasteiger partial charge in [0.15, 0.2) is 12.2 Å². The van der Waals surface area contributed by atoms with Gasteiger partial charge in [-0.2, -0.15) is 0 Å². The minimum Gasteiger partial charge on any atom is -0.462 e. The van der Waals surface area contributed by atoms with Crippen molar-refractivity contribution in [1.82, 2.24) is 0 Å². The van der Waals surface area contributed by atoms with Crippen molar-refractivity contribution >= 4 is 39.5 Å². The molecule has 0 heterocycles. The van der Waals surface area contributed by atoms with Crippen molar-refractivity contribution in [3.8, 4) is 0 Å². The molecule has 5 atom stereocenters. The Kier molecular flexibility index (Phi) is 65.9. The number of hydrogen-bond donors (Lipinski definition) is 3. The number of aliphatic hydroxyl groups is 1. The quantitative estimate of drug-likeness (QED) is 0.0222. The molecular formula is C78H152O17P2. The molecule has 19 heteroatoms. The molecule has 0 amide bonds. The van der Waals surface area contributed by atoms with Crippen molar-refractivity contribution in [3.63, 3.8) is 0 Å². The van der Waals surface area contributed by atoms with Crippen LogP contribution in [0.4, 0.5) is 0 Å². The number of rotatable bonds is 75. The Bertz CT molecular complexity index is 1900. The van der Waals surface area contributed by atoms with Gasteiger partial charge in [0.05, 0.1) is 26.4 Å². The van der Waals surface area contributed by atoms with E-state index in [1.807, 2.05) is 0 Å². The number of carbonyl (C=O) groups is 4. The zero-order valence-corrected chi connectivity index (χ0v) is 65.5. The molecule has 0 aromatic carbocycles. The lowest BCUT2D eigenvalue weighted by Crippen LogP contribution is -2.30. The molecule has 0 aliphatic rings.